The van der Waals surface area contributed by atoms with Crippen LogP contribution >= 0.6 is 0 Å². The van der Waals surface area contributed by atoms with Crippen molar-refractivity contribution in [3.05, 3.63) is 48.2 Å². The lowest BCUT2D eigenvalue weighted by Crippen LogP contribution is -2.25. The van der Waals surface area contributed by atoms with Crippen LogP contribution < -0.4 is 10.2 Å². The number of aromatic nitrogens is 3. The maximum atomic E-state index is 11.9. The Morgan fingerprint density at radius 1 is 1.14 bits per heavy atom. The van der Waals surface area contributed by atoms with E-state index in [1.54, 1.807) is 30.6 Å². The number of carbonyl (C=O) groups excluding carboxylic acids is 1. The minimum Gasteiger partial charge on any atom is -0.357 e. The number of nitrogens with one attached hydrogen (secondary N) is 1. The predicted octanol–water partition coefficient (Wildman–Crippen LogP) is 1.40. The van der Waals surface area contributed by atoms with Gasteiger partial charge in [0.15, 0.2) is 0 Å². The van der Waals surface area contributed by atoms with E-state index in [1.165, 1.54) is 12.8 Å². The van der Waals surface area contributed by atoms with E-state index in [9.17, 15) is 4.79 Å². The Balaban J connectivity index is 1.63. The van der Waals surface area contributed by atoms with Gasteiger partial charge in [0, 0.05) is 25.5 Å². The van der Waals surface area contributed by atoms with Crippen molar-refractivity contribution in [1.82, 2.24) is 20.3 Å². The van der Waals surface area contributed by atoms with Crippen LogP contribution in [0.4, 0.5) is 5.82 Å². The molecule has 0 aliphatic carbocycles. The minimum absolute atomic E-state index is 0.217. The lowest BCUT2D eigenvalue weighted by molar-refractivity contribution is 0.0945. The minimum atomic E-state index is -0.217. The molecule has 0 unspecified atom stereocenters. The van der Waals surface area contributed by atoms with E-state index in [1.807, 2.05) is 6.07 Å². The molecule has 1 fully saturated rings. The van der Waals surface area contributed by atoms with Gasteiger partial charge < -0.3 is 10.2 Å². The monoisotopic (exact) mass is 283 g/mol. The number of hydrogen-bond acceptors (Lipinski definition) is 5. The zero-order chi connectivity index (χ0) is 14.5. The molecular weight excluding hydrogens is 266 g/mol. The molecule has 1 saturated heterocycles. The van der Waals surface area contributed by atoms with Crippen LogP contribution in [-0.2, 0) is 6.54 Å². The lowest BCUT2D eigenvalue weighted by Gasteiger charge is -2.16. The van der Waals surface area contributed by atoms with Crippen molar-refractivity contribution in [3.63, 3.8) is 0 Å². The van der Waals surface area contributed by atoms with Crippen molar-refractivity contribution >= 4 is 11.7 Å². The topological polar surface area (TPSA) is 71.0 Å². The standard InChI is InChI=1S/C15H17N5O/c21-15(12-5-1-2-7-16-12)18-11-13-17-8-6-14(19-13)20-9-3-4-10-20/h1-2,5-8H,3-4,9-11H2,(H,18,21). The molecule has 0 saturated carbocycles. The number of anilines is 1. The molecule has 6 nitrogen and oxygen atoms in total. The highest BCUT2D eigenvalue weighted by atomic mass is 16.1. The Kier molecular flexibility index (Phi) is 4.04. The number of carbonyl (C=O) groups is 1. The molecule has 3 heterocycles. The molecule has 0 aromatic carbocycles. The Morgan fingerprint density at radius 2 is 2.00 bits per heavy atom. The van der Waals surface area contributed by atoms with E-state index in [2.05, 4.69) is 25.2 Å². The summed E-state index contributed by atoms with van der Waals surface area (Å²) in [5.74, 6) is 1.33. The third kappa shape index (κ3) is 3.34. The van der Waals surface area contributed by atoms with Crippen molar-refractivity contribution in [2.45, 2.75) is 19.4 Å². The fraction of sp³-hybridized carbons (Fsp3) is 0.333. The molecule has 108 valence electrons. The largest absolute Gasteiger partial charge is 0.357 e. The van der Waals surface area contributed by atoms with Crippen LogP contribution in [0.15, 0.2) is 36.7 Å². The molecule has 0 radical (unpaired) electrons. The predicted molar refractivity (Wildman–Crippen MR) is 78.9 cm³/mol. The van der Waals surface area contributed by atoms with Gasteiger partial charge in [-0.2, -0.15) is 0 Å². The maximum absolute atomic E-state index is 11.9. The molecule has 2 aromatic rings. The second-order valence-electron chi connectivity index (χ2n) is 4.92. The zero-order valence-corrected chi connectivity index (χ0v) is 11.7. The second-order valence-corrected chi connectivity index (χ2v) is 4.92. The third-order valence-corrected chi connectivity index (χ3v) is 3.43. The molecule has 0 atom stereocenters. The van der Waals surface area contributed by atoms with E-state index < -0.39 is 0 Å². The van der Waals surface area contributed by atoms with Crippen molar-refractivity contribution in [2.75, 3.05) is 18.0 Å². The third-order valence-electron chi connectivity index (χ3n) is 3.43. The molecule has 2 aromatic heterocycles. The molecule has 1 aliphatic heterocycles. The summed E-state index contributed by atoms with van der Waals surface area (Å²) in [4.78, 5) is 26.9. The summed E-state index contributed by atoms with van der Waals surface area (Å²) in [5.41, 5.74) is 0.396. The lowest BCUT2D eigenvalue weighted by atomic mass is 10.3. The van der Waals surface area contributed by atoms with E-state index in [4.69, 9.17) is 0 Å². The van der Waals surface area contributed by atoms with E-state index in [0.29, 0.717) is 18.1 Å². The van der Waals surface area contributed by atoms with Crippen LogP contribution in [0.25, 0.3) is 0 Å². The van der Waals surface area contributed by atoms with Crippen LogP contribution in [0.5, 0.6) is 0 Å². The van der Waals surface area contributed by atoms with Crippen LogP contribution in [0, 0.1) is 0 Å². The van der Waals surface area contributed by atoms with Crippen LogP contribution in [-0.4, -0.2) is 33.9 Å². The average molecular weight is 283 g/mol. The Hall–Kier alpha value is -2.50. The highest BCUT2D eigenvalue weighted by Crippen LogP contribution is 2.16. The molecule has 0 bridgehead atoms. The summed E-state index contributed by atoms with van der Waals surface area (Å²) in [6.07, 6.45) is 5.74. The van der Waals surface area contributed by atoms with Crippen LogP contribution in [0.3, 0.4) is 0 Å². The first kappa shape index (κ1) is 13.5. The molecule has 1 aliphatic rings. The number of nitrogens with zero attached hydrogens (tertiary/aromatic N) is 4. The first-order chi connectivity index (χ1) is 10.3. The molecule has 1 amide bonds. The van der Waals surface area contributed by atoms with Gasteiger partial charge in [-0.1, -0.05) is 6.07 Å². The fourth-order valence-electron chi connectivity index (χ4n) is 2.34. The van der Waals surface area contributed by atoms with Gasteiger partial charge in [0.25, 0.3) is 5.91 Å². The van der Waals surface area contributed by atoms with Gasteiger partial charge >= 0.3 is 0 Å². The SMILES string of the molecule is O=C(NCc1nccc(N2CCCC2)n1)c1ccccn1. The molecule has 0 spiro atoms. The molecule has 3 rings (SSSR count). The molecular formula is C15H17N5O. The van der Waals surface area contributed by atoms with Crippen molar-refractivity contribution in [3.8, 4) is 0 Å². The number of hydrogen-bond donors (Lipinski definition) is 1. The first-order valence-electron chi connectivity index (χ1n) is 7.09. The van der Waals surface area contributed by atoms with Crippen molar-refractivity contribution < 1.29 is 4.79 Å². The van der Waals surface area contributed by atoms with Gasteiger partial charge in [-0.3, -0.25) is 9.78 Å². The van der Waals surface area contributed by atoms with Gasteiger partial charge in [-0.05, 0) is 31.0 Å². The first-order valence-corrected chi connectivity index (χ1v) is 7.09. The highest BCUT2D eigenvalue weighted by molar-refractivity contribution is 5.92. The summed E-state index contributed by atoms with van der Waals surface area (Å²) in [6, 6.07) is 7.15. The summed E-state index contributed by atoms with van der Waals surface area (Å²) in [7, 11) is 0. The fourth-order valence-corrected chi connectivity index (χ4v) is 2.34. The Morgan fingerprint density at radius 3 is 2.76 bits per heavy atom. The quantitative estimate of drug-likeness (QED) is 0.918. The van der Waals surface area contributed by atoms with Gasteiger partial charge in [0.1, 0.15) is 17.3 Å². The molecule has 1 N–H and O–H groups in total. The maximum Gasteiger partial charge on any atom is 0.270 e. The Labute approximate surface area is 123 Å². The second kappa shape index (κ2) is 6.30. The zero-order valence-electron chi connectivity index (χ0n) is 11.7. The number of pyridine rings is 1. The molecule has 6 heteroatoms. The van der Waals surface area contributed by atoms with Crippen LogP contribution in [0.2, 0.25) is 0 Å². The van der Waals surface area contributed by atoms with E-state index in [0.717, 1.165) is 18.9 Å². The average Bonchev–Trinajstić information content (AvgIpc) is 3.08. The normalized spacial score (nSPS) is 14.2. The number of rotatable bonds is 4. The Bertz CT molecular complexity index is 610. The molecule has 21 heavy (non-hydrogen) atoms. The summed E-state index contributed by atoms with van der Waals surface area (Å²) >= 11 is 0. The van der Waals surface area contributed by atoms with Gasteiger partial charge in [-0.15, -0.1) is 0 Å². The smallest absolute Gasteiger partial charge is 0.270 e. The van der Waals surface area contributed by atoms with Gasteiger partial charge in [-0.25, -0.2) is 9.97 Å². The number of amides is 1. The van der Waals surface area contributed by atoms with Crippen molar-refractivity contribution in [2.24, 2.45) is 0 Å². The summed E-state index contributed by atoms with van der Waals surface area (Å²) in [6.45, 7) is 2.38. The highest BCUT2D eigenvalue weighted by Gasteiger charge is 2.14. The van der Waals surface area contributed by atoms with Gasteiger partial charge in [0.05, 0.1) is 6.54 Å². The summed E-state index contributed by atoms with van der Waals surface area (Å²) < 4.78 is 0. The van der Waals surface area contributed by atoms with Gasteiger partial charge in [0.2, 0.25) is 0 Å². The van der Waals surface area contributed by atoms with E-state index in [-0.39, 0.29) is 5.91 Å². The van der Waals surface area contributed by atoms with E-state index >= 15 is 0 Å². The van der Waals surface area contributed by atoms with Crippen LogP contribution in [0.1, 0.15) is 29.2 Å². The summed E-state index contributed by atoms with van der Waals surface area (Å²) in [5, 5.41) is 2.79. The van der Waals surface area contributed by atoms with Crippen molar-refractivity contribution in [1.29, 1.82) is 0 Å².